The lowest BCUT2D eigenvalue weighted by Gasteiger charge is -2.26. The third-order valence-electron chi connectivity index (χ3n) is 1.56. The van der Waals surface area contributed by atoms with Gasteiger partial charge in [-0.2, -0.15) is 3.22 Å². The van der Waals surface area contributed by atoms with Crippen LogP contribution in [0, 0.1) is 0 Å². The van der Waals surface area contributed by atoms with Crippen LogP contribution < -0.4 is 0 Å². The average molecular weight is 312 g/mol. The number of hydrogen-bond acceptors (Lipinski definition) is 3. The summed E-state index contributed by atoms with van der Waals surface area (Å²) >= 11 is 1.80. The van der Waals surface area contributed by atoms with Gasteiger partial charge in [0.2, 0.25) is 0 Å². The van der Waals surface area contributed by atoms with Crippen LogP contribution in [0.15, 0.2) is 0 Å². The fourth-order valence-electron chi connectivity index (χ4n) is 0.994. The Balaban J connectivity index is 2.58. The summed E-state index contributed by atoms with van der Waals surface area (Å²) in [6, 6.07) is 0. The lowest BCUT2D eigenvalue weighted by Crippen LogP contribution is -2.40. The predicted octanol–water partition coefficient (Wildman–Crippen LogP) is 1.72. The van der Waals surface area contributed by atoms with Gasteiger partial charge in [-0.25, -0.2) is 9.80 Å². The molecule has 1 aliphatic rings. The maximum Gasteiger partial charge on any atom is 0.430 e. The molecule has 0 saturated carbocycles. The molecule has 1 rings (SSSR count). The van der Waals surface area contributed by atoms with Gasteiger partial charge in [-0.15, -0.1) is 0 Å². The molecule has 1 heterocycles. The molecule has 2 amide bonds. The highest BCUT2D eigenvalue weighted by Crippen LogP contribution is 2.20. The molecule has 0 aromatic carbocycles. The molecule has 1 fully saturated rings. The van der Waals surface area contributed by atoms with Crippen molar-refractivity contribution in [1.29, 1.82) is 0 Å². The second kappa shape index (κ2) is 3.92. The Bertz CT molecular complexity index is 262. The molecule has 0 N–H and O–H groups in total. The van der Waals surface area contributed by atoms with Crippen LogP contribution >= 0.6 is 22.9 Å². The number of hydrogen-bond donors (Lipinski definition) is 0. The van der Waals surface area contributed by atoms with Crippen LogP contribution in [0.1, 0.15) is 27.2 Å². The van der Waals surface area contributed by atoms with Crippen LogP contribution in [0.25, 0.3) is 0 Å². The lowest BCUT2D eigenvalue weighted by molar-refractivity contribution is -0.126. The standard InChI is InChI=1S/C8H13IN2O3/c1-8(2,3)14-7(13)10-5-4-6(12)11(10)9/h4-5H2,1-3H3. The van der Waals surface area contributed by atoms with Crippen molar-refractivity contribution in [2.45, 2.75) is 32.8 Å². The Morgan fingerprint density at radius 2 is 2.07 bits per heavy atom. The molecule has 0 aromatic rings. The Kier molecular flexibility index (Phi) is 3.23. The maximum atomic E-state index is 11.5. The van der Waals surface area contributed by atoms with E-state index in [2.05, 4.69) is 0 Å². The predicted molar refractivity (Wildman–Crippen MR) is 58.4 cm³/mol. The first-order chi connectivity index (χ1) is 6.31. The molecule has 0 spiro atoms. The van der Waals surface area contributed by atoms with Crippen molar-refractivity contribution >= 4 is 34.9 Å². The quantitative estimate of drug-likeness (QED) is 0.505. The van der Waals surface area contributed by atoms with Crippen LogP contribution in [0.4, 0.5) is 4.79 Å². The first-order valence-electron chi connectivity index (χ1n) is 4.30. The van der Waals surface area contributed by atoms with Gasteiger partial charge in [0.25, 0.3) is 5.91 Å². The van der Waals surface area contributed by atoms with E-state index in [1.807, 2.05) is 0 Å². The van der Waals surface area contributed by atoms with Crippen LogP contribution in [0.3, 0.4) is 0 Å². The molecule has 1 aliphatic heterocycles. The summed E-state index contributed by atoms with van der Waals surface area (Å²) in [6.45, 7) is 5.78. The summed E-state index contributed by atoms with van der Waals surface area (Å²) in [6.07, 6.45) is -0.111. The number of carbonyl (C=O) groups excluding carboxylic acids is 2. The van der Waals surface area contributed by atoms with Gasteiger partial charge in [-0.1, -0.05) is 0 Å². The SMILES string of the molecule is CC(C)(C)OC(=O)N1CCC(=O)N1I. The van der Waals surface area contributed by atoms with Crippen LogP contribution in [-0.2, 0) is 9.53 Å². The van der Waals surface area contributed by atoms with Gasteiger partial charge in [-0.3, -0.25) is 4.79 Å². The number of amides is 2. The average Bonchev–Trinajstić information content (AvgIpc) is 2.29. The third kappa shape index (κ3) is 2.73. The minimum Gasteiger partial charge on any atom is -0.442 e. The summed E-state index contributed by atoms with van der Waals surface area (Å²) in [5, 5.41) is 1.30. The zero-order valence-electron chi connectivity index (χ0n) is 8.41. The normalized spacial score (nSPS) is 17.6. The van der Waals surface area contributed by atoms with Gasteiger partial charge in [-0.05, 0) is 20.8 Å². The van der Waals surface area contributed by atoms with Gasteiger partial charge in [0, 0.05) is 6.42 Å². The number of ether oxygens (including phenoxy) is 1. The van der Waals surface area contributed by atoms with Crippen molar-refractivity contribution in [3.63, 3.8) is 0 Å². The number of rotatable bonds is 0. The van der Waals surface area contributed by atoms with Crippen LogP contribution in [0.5, 0.6) is 0 Å². The van der Waals surface area contributed by atoms with E-state index in [0.717, 1.165) is 0 Å². The van der Waals surface area contributed by atoms with Gasteiger partial charge >= 0.3 is 6.09 Å². The minimum atomic E-state index is -0.528. The molecule has 0 bridgehead atoms. The highest BCUT2D eigenvalue weighted by Gasteiger charge is 2.34. The van der Waals surface area contributed by atoms with Crippen LogP contribution in [0.2, 0.25) is 0 Å². The second-order valence-corrected chi connectivity index (χ2v) is 4.92. The summed E-state index contributed by atoms with van der Waals surface area (Å²) in [5.74, 6) is -0.0727. The molecule has 0 atom stereocenters. The van der Waals surface area contributed by atoms with Gasteiger partial charge in [0.1, 0.15) is 5.60 Å². The molecule has 0 aromatic heterocycles. The number of carbonyl (C=O) groups is 2. The van der Waals surface area contributed by atoms with Gasteiger partial charge in [0.15, 0.2) is 0 Å². The molecule has 14 heavy (non-hydrogen) atoms. The summed E-state index contributed by atoms with van der Waals surface area (Å²) in [5.41, 5.74) is -0.528. The molecule has 0 radical (unpaired) electrons. The van der Waals surface area contributed by atoms with Crippen molar-refractivity contribution in [3.8, 4) is 0 Å². The van der Waals surface area contributed by atoms with E-state index < -0.39 is 11.7 Å². The van der Waals surface area contributed by atoms with Crippen molar-refractivity contribution in [2.75, 3.05) is 6.54 Å². The summed E-state index contributed by atoms with van der Waals surface area (Å²) in [7, 11) is 0. The smallest absolute Gasteiger partial charge is 0.430 e. The van der Waals surface area contributed by atoms with Crippen molar-refractivity contribution in [1.82, 2.24) is 8.23 Å². The third-order valence-corrected chi connectivity index (χ3v) is 2.62. The highest BCUT2D eigenvalue weighted by atomic mass is 127. The van der Waals surface area contributed by atoms with Crippen LogP contribution in [-0.4, -0.2) is 32.4 Å². The highest BCUT2D eigenvalue weighted by molar-refractivity contribution is 14.1. The van der Waals surface area contributed by atoms with E-state index in [4.69, 9.17) is 4.74 Å². The van der Waals surface area contributed by atoms with Gasteiger partial charge in [0.05, 0.1) is 29.4 Å². The van der Waals surface area contributed by atoms with Crippen molar-refractivity contribution < 1.29 is 14.3 Å². The first-order valence-corrected chi connectivity index (χ1v) is 5.27. The van der Waals surface area contributed by atoms with Crippen molar-refractivity contribution in [3.05, 3.63) is 0 Å². The Hall–Kier alpha value is -0.530. The Labute approximate surface area is 96.8 Å². The summed E-state index contributed by atoms with van der Waals surface area (Å²) < 4.78 is 6.40. The topological polar surface area (TPSA) is 49.9 Å². The molecular formula is C8H13IN2O3. The van der Waals surface area contributed by atoms with E-state index in [1.165, 1.54) is 8.23 Å². The fraction of sp³-hybridized carbons (Fsp3) is 0.750. The second-order valence-electron chi connectivity index (χ2n) is 4.01. The molecule has 1 saturated heterocycles. The number of nitrogens with zero attached hydrogens (tertiary/aromatic N) is 2. The van der Waals surface area contributed by atoms with E-state index >= 15 is 0 Å². The fourth-order valence-corrected chi connectivity index (χ4v) is 1.63. The van der Waals surface area contributed by atoms with E-state index in [9.17, 15) is 9.59 Å². The summed E-state index contributed by atoms with van der Waals surface area (Å²) in [4.78, 5) is 22.6. The minimum absolute atomic E-state index is 0.0727. The monoisotopic (exact) mass is 312 g/mol. The molecule has 80 valence electrons. The zero-order chi connectivity index (χ0) is 10.9. The Morgan fingerprint density at radius 1 is 1.50 bits per heavy atom. The number of halogens is 1. The molecular weight excluding hydrogens is 299 g/mol. The van der Waals surface area contributed by atoms with E-state index in [-0.39, 0.29) is 5.91 Å². The maximum absolute atomic E-state index is 11.5. The molecule has 0 aliphatic carbocycles. The lowest BCUT2D eigenvalue weighted by atomic mass is 10.2. The van der Waals surface area contributed by atoms with E-state index in [1.54, 1.807) is 43.6 Å². The molecule has 6 heteroatoms. The molecule has 0 unspecified atom stereocenters. The number of hydrazine groups is 1. The van der Waals surface area contributed by atoms with Gasteiger partial charge < -0.3 is 4.74 Å². The first kappa shape index (κ1) is 11.5. The Morgan fingerprint density at radius 3 is 2.43 bits per heavy atom. The zero-order valence-corrected chi connectivity index (χ0v) is 10.6. The molecule has 5 nitrogen and oxygen atoms in total. The van der Waals surface area contributed by atoms with E-state index in [0.29, 0.717) is 13.0 Å². The van der Waals surface area contributed by atoms with Crippen molar-refractivity contribution in [2.24, 2.45) is 0 Å². The largest absolute Gasteiger partial charge is 0.442 e.